The first-order chi connectivity index (χ1) is 34.6. The molecule has 70 heavy (non-hydrogen) atoms. The molecule has 0 radical (unpaired) electrons. The number of aromatic nitrogens is 5. The van der Waals surface area contributed by atoms with Gasteiger partial charge in [-0.25, -0.2) is 9.37 Å². The number of hydrogen-bond acceptors (Lipinski definition) is 4. The summed E-state index contributed by atoms with van der Waals surface area (Å²) in [7, 11) is 0. The molecule has 3 aromatic heterocycles. The Morgan fingerprint density at radius 2 is 0.814 bits per heavy atom. The zero-order valence-corrected chi connectivity index (χ0v) is 37.6. The van der Waals surface area contributed by atoms with Gasteiger partial charge in [0, 0.05) is 49.5 Å². The van der Waals surface area contributed by atoms with E-state index in [4.69, 9.17) is 15.0 Å². The molecule has 13 aromatic rings. The Morgan fingerprint density at radius 3 is 1.43 bits per heavy atom. The molecule has 0 saturated carbocycles. The van der Waals surface area contributed by atoms with Crippen molar-refractivity contribution in [1.82, 2.24) is 24.1 Å². The van der Waals surface area contributed by atoms with Gasteiger partial charge in [-0.2, -0.15) is 9.97 Å². The molecule has 0 saturated heterocycles. The van der Waals surface area contributed by atoms with Crippen LogP contribution in [0.5, 0.6) is 5.75 Å². The number of benzene rings is 10. The molecule has 7 heteroatoms. The summed E-state index contributed by atoms with van der Waals surface area (Å²) in [4.78, 5) is 15.7. The highest BCUT2D eigenvalue weighted by Gasteiger charge is 2.25. The van der Waals surface area contributed by atoms with Gasteiger partial charge in [-0.05, 0) is 88.0 Å². The average Bonchev–Trinajstić information content (AvgIpc) is 3.95. The number of rotatable bonds is 8. The highest BCUT2D eigenvalue weighted by Crippen LogP contribution is 2.44. The van der Waals surface area contributed by atoms with Gasteiger partial charge in [0.15, 0.2) is 11.6 Å². The number of phenols is 1. The second kappa shape index (κ2) is 16.7. The Morgan fingerprint density at radius 1 is 0.343 bits per heavy atom. The minimum Gasteiger partial charge on any atom is -0.507 e. The van der Waals surface area contributed by atoms with Crippen molar-refractivity contribution in [3.8, 4) is 84.7 Å². The van der Waals surface area contributed by atoms with Crippen molar-refractivity contribution in [2.45, 2.75) is 0 Å². The summed E-state index contributed by atoms with van der Waals surface area (Å²) >= 11 is 0. The lowest BCUT2D eigenvalue weighted by atomic mass is 9.94. The number of halogens is 1. The van der Waals surface area contributed by atoms with Crippen molar-refractivity contribution in [1.29, 1.82) is 0 Å². The first-order valence-electron chi connectivity index (χ1n) is 23.3. The van der Waals surface area contributed by atoms with Gasteiger partial charge >= 0.3 is 0 Å². The van der Waals surface area contributed by atoms with Crippen molar-refractivity contribution < 1.29 is 9.50 Å². The normalized spacial score (nSPS) is 11.6. The zero-order chi connectivity index (χ0) is 46.7. The lowest BCUT2D eigenvalue weighted by Crippen LogP contribution is -2.07. The molecule has 0 amide bonds. The second-order valence-corrected chi connectivity index (χ2v) is 17.5. The van der Waals surface area contributed by atoms with E-state index in [2.05, 4.69) is 137 Å². The molecule has 0 aliphatic carbocycles. The van der Waals surface area contributed by atoms with Crippen molar-refractivity contribution >= 4 is 43.6 Å². The molecule has 6 nitrogen and oxygen atoms in total. The fourth-order valence-electron chi connectivity index (χ4n) is 10.1. The first-order valence-corrected chi connectivity index (χ1v) is 23.3. The van der Waals surface area contributed by atoms with Gasteiger partial charge in [-0.1, -0.05) is 182 Å². The first kappa shape index (κ1) is 40.8. The maximum absolute atomic E-state index is 16.7. The van der Waals surface area contributed by atoms with Gasteiger partial charge in [0.1, 0.15) is 11.6 Å². The standard InChI is InChI=1S/C63H40FN5O/c64-52-24-14-23-50(58(52)51-39-46(33-38-57(51)70)42-19-8-3-9-20-42)62-65-61(45-29-27-43(28-30-45)40-15-4-1-5-16-40)66-63(67-62)69-54-26-13-11-22-49(54)60-56(69)37-36-55-59(60)48-21-10-12-25-53(48)68(55)47-34-31-44(32-35-47)41-17-6-2-7-18-41/h1-39,70H. The number of hydrogen-bond donors (Lipinski definition) is 1. The molecular formula is C63H40FN5O. The van der Waals surface area contributed by atoms with Gasteiger partial charge in [0.25, 0.3) is 0 Å². The summed E-state index contributed by atoms with van der Waals surface area (Å²) < 4.78 is 21.1. The van der Waals surface area contributed by atoms with E-state index in [9.17, 15) is 5.11 Å². The molecule has 3 heterocycles. The number of aromatic hydroxyl groups is 1. The lowest BCUT2D eigenvalue weighted by molar-refractivity contribution is 0.477. The van der Waals surface area contributed by atoms with E-state index in [1.54, 1.807) is 12.1 Å². The van der Waals surface area contributed by atoms with Crippen LogP contribution < -0.4 is 0 Å². The maximum Gasteiger partial charge on any atom is 0.238 e. The molecule has 0 atom stereocenters. The summed E-state index contributed by atoms with van der Waals surface area (Å²) in [6, 6.07) is 78.9. The quantitative estimate of drug-likeness (QED) is 0.165. The third-order valence-corrected chi connectivity index (χ3v) is 13.4. The van der Waals surface area contributed by atoms with Gasteiger partial charge < -0.3 is 9.67 Å². The molecular weight excluding hydrogens is 862 g/mol. The fraction of sp³-hybridized carbons (Fsp3) is 0. The van der Waals surface area contributed by atoms with E-state index in [1.165, 1.54) is 11.6 Å². The van der Waals surface area contributed by atoms with Crippen molar-refractivity contribution in [3.63, 3.8) is 0 Å². The summed E-state index contributed by atoms with van der Waals surface area (Å²) in [6.07, 6.45) is 0. The van der Waals surface area contributed by atoms with Crippen LogP contribution in [0.3, 0.4) is 0 Å². The van der Waals surface area contributed by atoms with Crippen LogP contribution in [-0.2, 0) is 0 Å². The molecule has 0 aliphatic heterocycles. The topological polar surface area (TPSA) is 68.8 Å². The summed E-state index contributed by atoms with van der Waals surface area (Å²) in [5.41, 5.74) is 13.0. The van der Waals surface area contributed by atoms with Crippen LogP contribution in [0, 0.1) is 5.82 Å². The van der Waals surface area contributed by atoms with Crippen LogP contribution in [0.25, 0.3) is 123 Å². The summed E-state index contributed by atoms with van der Waals surface area (Å²) in [5, 5.41) is 15.8. The van der Waals surface area contributed by atoms with E-state index in [-0.39, 0.29) is 17.1 Å². The molecule has 0 unspecified atom stereocenters. The second-order valence-electron chi connectivity index (χ2n) is 17.5. The van der Waals surface area contributed by atoms with Crippen molar-refractivity contribution in [2.75, 3.05) is 0 Å². The van der Waals surface area contributed by atoms with E-state index in [1.807, 2.05) is 91.0 Å². The molecule has 0 aliphatic rings. The predicted molar refractivity (Wildman–Crippen MR) is 283 cm³/mol. The Hall–Kier alpha value is -9.46. The largest absolute Gasteiger partial charge is 0.507 e. The van der Waals surface area contributed by atoms with Crippen LogP contribution >= 0.6 is 0 Å². The summed E-state index contributed by atoms with van der Waals surface area (Å²) in [5.74, 6) is 0.470. The molecule has 0 bridgehead atoms. The zero-order valence-electron chi connectivity index (χ0n) is 37.6. The minimum atomic E-state index is -0.515. The molecule has 13 rings (SSSR count). The Kier molecular flexibility index (Phi) is 9.73. The SMILES string of the molecule is Oc1ccc(-c2ccccc2)cc1-c1c(F)cccc1-c1nc(-c2ccc(-c3ccccc3)cc2)nc(-n2c3ccccc3c3c4c5ccccc5n(-c5ccc(-c6ccccc6)cc5)c4ccc32)n1. The molecule has 0 fully saturated rings. The Bertz CT molecular complexity index is 4110. The number of para-hydroxylation sites is 2. The third-order valence-electron chi connectivity index (χ3n) is 13.4. The number of fused-ring (bicyclic) bond motifs is 7. The van der Waals surface area contributed by atoms with Gasteiger partial charge in [0.05, 0.1) is 22.1 Å². The monoisotopic (exact) mass is 901 g/mol. The highest BCUT2D eigenvalue weighted by atomic mass is 19.1. The Labute approximate surface area is 402 Å². The predicted octanol–water partition coefficient (Wildman–Crippen LogP) is 15.9. The van der Waals surface area contributed by atoms with Gasteiger partial charge in [-0.15, -0.1) is 0 Å². The minimum absolute atomic E-state index is 0.0604. The fourth-order valence-corrected chi connectivity index (χ4v) is 10.1. The van der Waals surface area contributed by atoms with Crippen LogP contribution in [-0.4, -0.2) is 29.2 Å². The average molecular weight is 902 g/mol. The summed E-state index contributed by atoms with van der Waals surface area (Å²) in [6.45, 7) is 0. The van der Waals surface area contributed by atoms with E-state index in [0.29, 0.717) is 22.9 Å². The van der Waals surface area contributed by atoms with Crippen molar-refractivity contribution in [2.24, 2.45) is 0 Å². The molecule has 0 spiro atoms. The van der Waals surface area contributed by atoms with Gasteiger partial charge in [-0.3, -0.25) is 4.57 Å². The molecule has 330 valence electrons. The third kappa shape index (κ3) is 6.82. The lowest BCUT2D eigenvalue weighted by Gasteiger charge is -2.15. The molecule has 10 aromatic carbocycles. The van der Waals surface area contributed by atoms with E-state index >= 15 is 4.39 Å². The van der Waals surface area contributed by atoms with Crippen LogP contribution in [0.2, 0.25) is 0 Å². The number of nitrogens with zero attached hydrogens (tertiary/aromatic N) is 5. The van der Waals surface area contributed by atoms with Crippen LogP contribution in [0.1, 0.15) is 0 Å². The van der Waals surface area contributed by atoms with Gasteiger partial charge in [0.2, 0.25) is 5.95 Å². The van der Waals surface area contributed by atoms with Crippen LogP contribution in [0.4, 0.5) is 4.39 Å². The van der Waals surface area contributed by atoms with E-state index in [0.717, 1.165) is 82.7 Å². The van der Waals surface area contributed by atoms with Crippen molar-refractivity contribution in [3.05, 3.63) is 242 Å². The van der Waals surface area contributed by atoms with Crippen LogP contribution in [0.15, 0.2) is 237 Å². The smallest absolute Gasteiger partial charge is 0.238 e. The molecule has 1 N–H and O–H groups in total. The Balaban J connectivity index is 1.05. The number of phenolic OH excluding ortho intramolecular Hbond substituents is 1. The highest BCUT2D eigenvalue weighted by molar-refractivity contribution is 6.28. The van der Waals surface area contributed by atoms with E-state index < -0.39 is 5.82 Å². The maximum atomic E-state index is 16.7.